The number of sulfone groups is 1. The molecule has 0 aliphatic heterocycles. The van der Waals surface area contributed by atoms with Gasteiger partial charge in [0.1, 0.15) is 11.4 Å². The smallest absolute Gasteiger partial charge is 0.432 e. The third-order valence-corrected chi connectivity index (χ3v) is 7.35. The largest absolute Gasteiger partial charge is 0.440 e. The summed E-state index contributed by atoms with van der Waals surface area (Å²) in [7, 11) is -3.55. The van der Waals surface area contributed by atoms with Gasteiger partial charge in [-0.25, -0.2) is 13.4 Å². The van der Waals surface area contributed by atoms with Gasteiger partial charge in [-0.3, -0.25) is 4.99 Å². The Hall–Kier alpha value is -4.10. The molecule has 6 nitrogen and oxygen atoms in total. The lowest BCUT2D eigenvalue weighted by Gasteiger charge is -2.11. The predicted molar refractivity (Wildman–Crippen MR) is 147 cm³/mol. The van der Waals surface area contributed by atoms with Crippen molar-refractivity contribution in [1.29, 1.82) is 0 Å². The first kappa shape index (κ1) is 30.8. The van der Waals surface area contributed by atoms with Crippen LogP contribution in [0.2, 0.25) is 0 Å². The summed E-state index contributed by atoms with van der Waals surface area (Å²) in [5, 5.41) is -0.880. The molecule has 220 valence electrons. The van der Waals surface area contributed by atoms with Crippen molar-refractivity contribution in [3.05, 3.63) is 88.9 Å². The third-order valence-electron chi connectivity index (χ3n) is 5.94. The highest BCUT2D eigenvalue weighted by atomic mass is 35.5. The van der Waals surface area contributed by atoms with Crippen molar-refractivity contribution in [3.8, 4) is 33.7 Å². The van der Waals surface area contributed by atoms with Gasteiger partial charge in [-0.05, 0) is 47.5 Å². The molecule has 0 spiro atoms. The molecule has 0 unspecified atom stereocenters. The number of rotatable bonds is 6. The standard InChI is InChI=1S/C28H20ClF6N3O3S/c1-15-38-24(16-6-9-19(10-7-16)27(30,31)32)25(41-15)21-13-18(17-4-3-5-20(12-17)42(2,39)40)8-11-23(21)37-14-22(29)26(36)28(33,34)35/h3-14H,36H2,1-2H3. The monoisotopic (exact) mass is 627 g/mol. The quantitative estimate of drug-likeness (QED) is 0.172. The van der Waals surface area contributed by atoms with Gasteiger partial charge in [0.25, 0.3) is 0 Å². The van der Waals surface area contributed by atoms with E-state index in [0.29, 0.717) is 17.3 Å². The van der Waals surface area contributed by atoms with Gasteiger partial charge in [0.2, 0.25) is 0 Å². The van der Waals surface area contributed by atoms with E-state index in [1.165, 1.54) is 49.4 Å². The number of aliphatic imine (C=N–C) groups is 1. The number of nitrogens with two attached hydrogens (primary N) is 1. The second-order valence-corrected chi connectivity index (χ2v) is 11.5. The molecule has 0 radical (unpaired) electrons. The van der Waals surface area contributed by atoms with Crippen molar-refractivity contribution in [2.24, 2.45) is 10.7 Å². The maximum Gasteiger partial charge on any atom is 0.432 e. The molecular formula is C28H20ClF6N3O3S. The Kier molecular flexibility index (Phi) is 8.29. The van der Waals surface area contributed by atoms with E-state index in [-0.39, 0.29) is 39.1 Å². The molecule has 4 aromatic rings. The molecule has 0 aliphatic carbocycles. The minimum Gasteiger partial charge on any atom is -0.440 e. The molecule has 42 heavy (non-hydrogen) atoms. The molecule has 0 aliphatic rings. The van der Waals surface area contributed by atoms with Gasteiger partial charge in [0, 0.05) is 30.5 Å². The van der Waals surface area contributed by atoms with Gasteiger partial charge in [-0.1, -0.05) is 41.9 Å². The zero-order valence-electron chi connectivity index (χ0n) is 21.7. The zero-order chi connectivity index (χ0) is 31.0. The van der Waals surface area contributed by atoms with E-state index < -0.39 is 38.5 Å². The van der Waals surface area contributed by atoms with Crippen molar-refractivity contribution in [2.45, 2.75) is 24.2 Å². The summed E-state index contributed by atoms with van der Waals surface area (Å²) in [6.07, 6.45) is -7.72. The number of alkyl halides is 6. The van der Waals surface area contributed by atoms with Crippen LogP contribution in [0, 0.1) is 6.92 Å². The van der Waals surface area contributed by atoms with Gasteiger partial charge < -0.3 is 10.2 Å². The fourth-order valence-electron chi connectivity index (χ4n) is 3.87. The molecule has 0 saturated carbocycles. The maximum atomic E-state index is 13.1. The summed E-state index contributed by atoms with van der Waals surface area (Å²) in [5.41, 5.74) is 4.20. The van der Waals surface area contributed by atoms with Crippen LogP contribution >= 0.6 is 11.6 Å². The molecule has 0 fully saturated rings. The van der Waals surface area contributed by atoms with Crippen molar-refractivity contribution < 1.29 is 39.2 Å². The van der Waals surface area contributed by atoms with Crippen molar-refractivity contribution >= 4 is 33.3 Å². The van der Waals surface area contributed by atoms with Gasteiger partial charge in [0.15, 0.2) is 21.5 Å². The van der Waals surface area contributed by atoms with Crippen LogP contribution in [0.5, 0.6) is 0 Å². The Labute approximate surface area is 241 Å². The van der Waals surface area contributed by atoms with Gasteiger partial charge in [0.05, 0.1) is 21.2 Å². The third kappa shape index (κ3) is 6.85. The average Bonchev–Trinajstić information content (AvgIpc) is 3.31. The summed E-state index contributed by atoms with van der Waals surface area (Å²) >= 11 is 5.74. The average molecular weight is 628 g/mol. The van der Waals surface area contributed by atoms with E-state index in [1.54, 1.807) is 12.1 Å². The second-order valence-electron chi connectivity index (χ2n) is 9.04. The maximum absolute atomic E-state index is 13.1. The summed E-state index contributed by atoms with van der Waals surface area (Å²) in [6, 6.07) is 14.7. The predicted octanol–water partition coefficient (Wildman–Crippen LogP) is 8.08. The van der Waals surface area contributed by atoms with Crippen LogP contribution in [0.15, 0.2) is 91.8 Å². The minimum absolute atomic E-state index is 0.0455. The van der Waals surface area contributed by atoms with Crippen LogP contribution in [0.3, 0.4) is 0 Å². The molecule has 2 N–H and O–H groups in total. The molecule has 1 heterocycles. The summed E-state index contributed by atoms with van der Waals surface area (Å²) < 4.78 is 108. The van der Waals surface area contributed by atoms with E-state index in [2.05, 4.69) is 9.98 Å². The number of aryl methyl sites for hydroxylation is 1. The van der Waals surface area contributed by atoms with Crippen LogP contribution in [0.25, 0.3) is 33.7 Å². The Bertz CT molecular complexity index is 1810. The molecule has 1 aromatic heterocycles. The first-order valence-corrected chi connectivity index (χ1v) is 14.1. The zero-order valence-corrected chi connectivity index (χ0v) is 23.3. The Morgan fingerprint density at radius 2 is 1.57 bits per heavy atom. The van der Waals surface area contributed by atoms with Gasteiger partial charge in [-0.15, -0.1) is 0 Å². The normalized spacial score (nSPS) is 13.5. The summed E-state index contributed by atoms with van der Waals surface area (Å²) in [5.74, 6) is 0.183. The topological polar surface area (TPSA) is 98.5 Å². The summed E-state index contributed by atoms with van der Waals surface area (Å²) in [6.45, 7) is 1.50. The number of allylic oxidation sites excluding steroid dienone is 2. The van der Waals surface area contributed by atoms with E-state index in [4.69, 9.17) is 21.8 Å². The first-order chi connectivity index (χ1) is 19.4. The highest BCUT2D eigenvalue weighted by Crippen LogP contribution is 2.41. The summed E-state index contributed by atoms with van der Waals surface area (Å²) in [4.78, 5) is 8.43. The fraction of sp³-hybridized carbons (Fsp3) is 0.143. The number of halogens is 7. The highest BCUT2D eigenvalue weighted by Gasteiger charge is 2.34. The Morgan fingerprint density at radius 1 is 0.952 bits per heavy atom. The van der Waals surface area contributed by atoms with Crippen molar-refractivity contribution in [2.75, 3.05) is 6.26 Å². The van der Waals surface area contributed by atoms with Crippen LogP contribution in [0.1, 0.15) is 11.5 Å². The number of oxazole rings is 1. The molecular weight excluding hydrogens is 608 g/mol. The molecule has 4 rings (SSSR count). The minimum atomic E-state index is -4.90. The number of benzene rings is 3. The van der Waals surface area contributed by atoms with E-state index in [0.717, 1.165) is 18.4 Å². The van der Waals surface area contributed by atoms with Crippen LogP contribution < -0.4 is 5.73 Å². The van der Waals surface area contributed by atoms with Gasteiger partial charge in [-0.2, -0.15) is 26.3 Å². The van der Waals surface area contributed by atoms with E-state index in [9.17, 15) is 34.8 Å². The molecule has 0 atom stereocenters. The van der Waals surface area contributed by atoms with Crippen LogP contribution in [-0.2, 0) is 16.0 Å². The first-order valence-electron chi connectivity index (χ1n) is 11.8. The number of hydrogen-bond donors (Lipinski definition) is 1. The lowest BCUT2D eigenvalue weighted by atomic mass is 9.98. The Morgan fingerprint density at radius 3 is 2.17 bits per heavy atom. The van der Waals surface area contributed by atoms with Crippen LogP contribution in [0.4, 0.5) is 32.0 Å². The Balaban J connectivity index is 1.93. The lowest BCUT2D eigenvalue weighted by molar-refractivity contribution is -0.137. The highest BCUT2D eigenvalue weighted by molar-refractivity contribution is 7.90. The number of nitrogens with zero attached hydrogens (tertiary/aromatic N) is 2. The van der Waals surface area contributed by atoms with E-state index in [1.807, 2.05) is 0 Å². The number of aromatic nitrogens is 1. The SMILES string of the molecule is Cc1nc(-c2ccc(C(F)(F)F)cc2)c(-c2cc(-c3cccc(S(C)(=O)=O)c3)ccc2N=CC(Cl)=C(N)C(F)(F)F)o1. The molecule has 14 heteroatoms. The number of hydrogen-bond acceptors (Lipinski definition) is 6. The second kappa shape index (κ2) is 11.3. The molecule has 0 amide bonds. The molecule has 3 aromatic carbocycles. The molecule has 0 bridgehead atoms. The fourth-order valence-corrected chi connectivity index (χ4v) is 4.69. The van der Waals surface area contributed by atoms with Gasteiger partial charge >= 0.3 is 12.4 Å². The van der Waals surface area contributed by atoms with Crippen molar-refractivity contribution in [3.63, 3.8) is 0 Å². The lowest BCUT2D eigenvalue weighted by Crippen LogP contribution is -2.20. The van der Waals surface area contributed by atoms with Crippen molar-refractivity contribution in [1.82, 2.24) is 4.98 Å². The molecule has 0 saturated heterocycles. The van der Waals surface area contributed by atoms with Crippen LogP contribution in [-0.4, -0.2) is 32.0 Å². The van der Waals surface area contributed by atoms with E-state index >= 15 is 0 Å².